The first-order chi connectivity index (χ1) is 14.3. The molecule has 3 aromatic rings. The lowest BCUT2D eigenvalue weighted by atomic mass is 9.96. The highest BCUT2D eigenvalue weighted by molar-refractivity contribution is 6.30. The Kier molecular flexibility index (Phi) is 3.71. The van der Waals surface area contributed by atoms with Gasteiger partial charge >= 0.3 is 0 Å². The number of para-hydroxylation sites is 1. The molecule has 3 aliphatic heterocycles. The standard InChI is InChI=1S/C23H17ClN2O3/c24-16-5-3-4-15(10-16)23-26-19(17-6-1-2-7-20(17)29-23)12-18(25-26)14-8-9-21-22(11-14)28-13-27-21/h1-11,19,23H,12-13H2. The molecule has 5 nitrogen and oxygen atoms in total. The van der Waals surface area contributed by atoms with Gasteiger partial charge in [-0.25, -0.2) is 5.01 Å². The van der Waals surface area contributed by atoms with Crippen molar-refractivity contribution in [3.05, 3.63) is 88.4 Å². The molecule has 144 valence electrons. The number of hydrogen-bond acceptors (Lipinski definition) is 5. The Labute approximate surface area is 173 Å². The lowest BCUT2D eigenvalue weighted by Crippen LogP contribution is -2.33. The summed E-state index contributed by atoms with van der Waals surface area (Å²) in [6, 6.07) is 22.0. The van der Waals surface area contributed by atoms with E-state index in [1.165, 1.54) is 0 Å². The highest BCUT2D eigenvalue weighted by Gasteiger charge is 2.41. The predicted octanol–water partition coefficient (Wildman–Crippen LogP) is 5.31. The van der Waals surface area contributed by atoms with Crippen molar-refractivity contribution in [3.63, 3.8) is 0 Å². The van der Waals surface area contributed by atoms with Crippen molar-refractivity contribution in [3.8, 4) is 17.2 Å². The average molecular weight is 405 g/mol. The summed E-state index contributed by atoms with van der Waals surface area (Å²) in [4.78, 5) is 0. The normalized spacial score (nSPS) is 21.3. The second-order valence-electron chi connectivity index (χ2n) is 7.28. The zero-order chi connectivity index (χ0) is 19.4. The molecule has 0 radical (unpaired) electrons. The minimum absolute atomic E-state index is 0.101. The van der Waals surface area contributed by atoms with Gasteiger partial charge in [0.05, 0.1) is 11.8 Å². The van der Waals surface area contributed by atoms with Gasteiger partial charge in [-0.1, -0.05) is 41.9 Å². The second kappa shape index (κ2) is 6.42. The summed E-state index contributed by atoms with van der Waals surface area (Å²) in [6.07, 6.45) is 0.456. The molecule has 3 heterocycles. The van der Waals surface area contributed by atoms with E-state index in [0.717, 1.165) is 46.1 Å². The highest BCUT2D eigenvalue weighted by Crippen LogP contribution is 2.48. The molecular formula is C23H17ClN2O3. The average Bonchev–Trinajstić information content (AvgIpc) is 3.40. The van der Waals surface area contributed by atoms with Crippen LogP contribution < -0.4 is 14.2 Å². The maximum Gasteiger partial charge on any atom is 0.231 e. The van der Waals surface area contributed by atoms with Crippen LogP contribution in [0.5, 0.6) is 17.2 Å². The second-order valence-corrected chi connectivity index (χ2v) is 7.71. The number of ether oxygens (including phenoxy) is 3. The summed E-state index contributed by atoms with van der Waals surface area (Å²) < 4.78 is 17.3. The van der Waals surface area contributed by atoms with Crippen molar-refractivity contribution < 1.29 is 14.2 Å². The van der Waals surface area contributed by atoms with Gasteiger partial charge in [-0.05, 0) is 36.4 Å². The van der Waals surface area contributed by atoms with E-state index < -0.39 is 0 Å². The number of rotatable bonds is 2. The van der Waals surface area contributed by atoms with Crippen LogP contribution in [0.15, 0.2) is 71.8 Å². The Morgan fingerprint density at radius 1 is 0.897 bits per heavy atom. The molecule has 0 saturated carbocycles. The van der Waals surface area contributed by atoms with Crippen LogP contribution in [-0.4, -0.2) is 17.5 Å². The minimum Gasteiger partial charge on any atom is -0.464 e. The van der Waals surface area contributed by atoms with Gasteiger partial charge < -0.3 is 14.2 Å². The van der Waals surface area contributed by atoms with Crippen LogP contribution >= 0.6 is 11.6 Å². The quantitative estimate of drug-likeness (QED) is 0.580. The Bertz CT molecular complexity index is 1150. The van der Waals surface area contributed by atoms with Crippen molar-refractivity contribution in [2.24, 2.45) is 5.10 Å². The third-order valence-corrected chi connectivity index (χ3v) is 5.77. The van der Waals surface area contributed by atoms with Crippen LogP contribution in [0.2, 0.25) is 5.02 Å². The van der Waals surface area contributed by atoms with E-state index in [2.05, 4.69) is 6.07 Å². The van der Waals surface area contributed by atoms with Crippen LogP contribution in [0, 0.1) is 0 Å². The topological polar surface area (TPSA) is 43.3 Å². The van der Waals surface area contributed by atoms with Gasteiger partial charge in [0.1, 0.15) is 5.75 Å². The largest absolute Gasteiger partial charge is 0.464 e. The van der Waals surface area contributed by atoms with E-state index in [1.807, 2.05) is 65.7 Å². The summed E-state index contributed by atoms with van der Waals surface area (Å²) in [5, 5.41) is 7.71. The van der Waals surface area contributed by atoms with Crippen molar-refractivity contribution >= 4 is 17.3 Å². The number of hydrazone groups is 1. The molecule has 0 spiro atoms. The molecule has 0 aliphatic carbocycles. The van der Waals surface area contributed by atoms with E-state index >= 15 is 0 Å². The zero-order valence-electron chi connectivity index (χ0n) is 15.4. The van der Waals surface area contributed by atoms with E-state index in [1.54, 1.807) is 0 Å². The number of halogens is 1. The van der Waals surface area contributed by atoms with E-state index in [9.17, 15) is 0 Å². The lowest BCUT2D eigenvalue weighted by molar-refractivity contribution is -0.0190. The van der Waals surface area contributed by atoms with Gasteiger partial charge in [-0.15, -0.1) is 0 Å². The van der Waals surface area contributed by atoms with Gasteiger partial charge in [-0.3, -0.25) is 0 Å². The maximum atomic E-state index is 6.36. The third kappa shape index (κ3) is 2.73. The molecule has 6 rings (SSSR count). The molecule has 0 fully saturated rings. The fourth-order valence-corrected chi connectivity index (χ4v) is 4.36. The van der Waals surface area contributed by atoms with E-state index in [0.29, 0.717) is 5.02 Å². The Hall–Kier alpha value is -3.18. The summed E-state index contributed by atoms with van der Waals surface area (Å²) in [6.45, 7) is 0.262. The molecule has 0 N–H and O–H groups in total. The van der Waals surface area contributed by atoms with Gasteiger partial charge in [0, 0.05) is 28.1 Å². The van der Waals surface area contributed by atoms with E-state index in [-0.39, 0.29) is 19.1 Å². The van der Waals surface area contributed by atoms with Gasteiger partial charge in [0.2, 0.25) is 13.0 Å². The van der Waals surface area contributed by atoms with Crippen LogP contribution in [0.25, 0.3) is 0 Å². The molecule has 3 aromatic carbocycles. The van der Waals surface area contributed by atoms with Crippen LogP contribution in [0.4, 0.5) is 0 Å². The molecule has 2 atom stereocenters. The monoisotopic (exact) mass is 404 g/mol. The predicted molar refractivity (Wildman–Crippen MR) is 110 cm³/mol. The summed E-state index contributed by atoms with van der Waals surface area (Å²) >= 11 is 6.25. The summed E-state index contributed by atoms with van der Waals surface area (Å²) in [7, 11) is 0. The van der Waals surface area contributed by atoms with Gasteiger partial charge in [0.15, 0.2) is 11.5 Å². The molecule has 6 heteroatoms. The molecule has 0 aromatic heterocycles. The third-order valence-electron chi connectivity index (χ3n) is 5.54. The molecule has 0 amide bonds. The van der Waals surface area contributed by atoms with E-state index in [4.69, 9.17) is 30.9 Å². The van der Waals surface area contributed by atoms with Crippen LogP contribution in [-0.2, 0) is 0 Å². The van der Waals surface area contributed by atoms with Gasteiger partial charge in [0.25, 0.3) is 0 Å². The molecule has 29 heavy (non-hydrogen) atoms. The highest BCUT2D eigenvalue weighted by atomic mass is 35.5. The number of benzene rings is 3. The van der Waals surface area contributed by atoms with Crippen LogP contribution in [0.1, 0.15) is 35.4 Å². The number of fused-ring (bicyclic) bond motifs is 4. The maximum absolute atomic E-state index is 6.36. The van der Waals surface area contributed by atoms with Crippen molar-refractivity contribution in [1.29, 1.82) is 0 Å². The minimum atomic E-state index is -0.333. The lowest BCUT2D eigenvalue weighted by Gasteiger charge is -2.38. The number of nitrogens with zero attached hydrogens (tertiary/aromatic N) is 2. The van der Waals surface area contributed by atoms with Crippen molar-refractivity contribution in [1.82, 2.24) is 5.01 Å². The fourth-order valence-electron chi connectivity index (χ4n) is 4.16. The first kappa shape index (κ1) is 16.7. The molecule has 0 bridgehead atoms. The smallest absolute Gasteiger partial charge is 0.231 e. The zero-order valence-corrected chi connectivity index (χ0v) is 16.2. The first-order valence-corrected chi connectivity index (χ1v) is 9.91. The first-order valence-electron chi connectivity index (χ1n) is 9.53. The molecule has 0 saturated heterocycles. The van der Waals surface area contributed by atoms with Crippen molar-refractivity contribution in [2.45, 2.75) is 18.7 Å². The number of hydrogen-bond donors (Lipinski definition) is 0. The summed E-state index contributed by atoms with van der Waals surface area (Å²) in [5.41, 5.74) is 4.16. The Balaban J connectivity index is 1.44. The van der Waals surface area contributed by atoms with Gasteiger partial charge in [-0.2, -0.15) is 5.10 Å². The van der Waals surface area contributed by atoms with Crippen LogP contribution in [0.3, 0.4) is 0 Å². The SMILES string of the molecule is Clc1cccc(C2Oc3ccccc3C3CC(c4ccc5c(c4)OCO5)=NN32)c1. The molecule has 3 aliphatic rings. The Morgan fingerprint density at radius 3 is 2.72 bits per heavy atom. The van der Waals surface area contributed by atoms with Crippen molar-refractivity contribution in [2.75, 3.05) is 6.79 Å². The molecule has 2 unspecified atom stereocenters. The molecular weight excluding hydrogens is 388 g/mol. The summed E-state index contributed by atoms with van der Waals surface area (Å²) in [5.74, 6) is 2.43. The Morgan fingerprint density at radius 2 is 1.79 bits per heavy atom. The fraction of sp³-hybridized carbons (Fsp3) is 0.174.